The molecule has 2 atom stereocenters. The monoisotopic (exact) mass is 205 g/mol. The Hall–Kier alpha value is -1.02. The second kappa shape index (κ2) is 4.23. The minimum Gasteiger partial charge on any atom is -0.497 e. The molecule has 0 saturated heterocycles. The minimum absolute atomic E-state index is 0.170. The fraction of sp³-hybridized carbons (Fsp3) is 0.538. The summed E-state index contributed by atoms with van der Waals surface area (Å²) in [5.74, 6) is 2.34. The molecule has 0 heterocycles. The van der Waals surface area contributed by atoms with E-state index in [2.05, 4.69) is 19.1 Å². The second-order valence-electron chi connectivity index (χ2n) is 4.50. The Kier molecular flexibility index (Phi) is 2.96. The van der Waals surface area contributed by atoms with Crippen LogP contribution in [0.25, 0.3) is 0 Å². The van der Waals surface area contributed by atoms with Crippen LogP contribution in [0.1, 0.15) is 31.4 Å². The highest BCUT2D eigenvalue weighted by Crippen LogP contribution is 2.41. The average Bonchev–Trinajstić information content (AvgIpc) is 3.11. The summed E-state index contributed by atoms with van der Waals surface area (Å²) in [6.07, 6.45) is 2.70. The Labute approximate surface area is 91.4 Å². The van der Waals surface area contributed by atoms with Gasteiger partial charge in [0.1, 0.15) is 5.75 Å². The fourth-order valence-electron chi connectivity index (χ4n) is 2.04. The summed E-state index contributed by atoms with van der Waals surface area (Å²) >= 11 is 0. The highest BCUT2D eigenvalue weighted by Gasteiger charge is 2.32. The summed E-state index contributed by atoms with van der Waals surface area (Å²) < 4.78 is 5.13. The summed E-state index contributed by atoms with van der Waals surface area (Å²) in [7, 11) is 1.68. The van der Waals surface area contributed by atoms with Gasteiger partial charge in [0.05, 0.1) is 7.11 Å². The van der Waals surface area contributed by atoms with Crippen molar-refractivity contribution in [1.29, 1.82) is 0 Å². The van der Waals surface area contributed by atoms with Gasteiger partial charge in [0.25, 0.3) is 0 Å². The van der Waals surface area contributed by atoms with E-state index in [9.17, 15) is 0 Å². The van der Waals surface area contributed by atoms with Crippen molar-refractivity contribution in [2.45, 2.75) is 25.8 Å². The third-order valence-electron chi connectivity index (χ3n) is 3.43. The molecule has 2 rings (SSSR count). The summed E-state index contributed by atoms with van der Waals surface area (Å²) in [6, 6.07) is 8.28. The molecule has 1 aromatic rings. The summed E-state index contributed by atoms with van der Waals surface area (Å²) in [6.45, 7) is 2.26. The Bertz CT molecular complexity index is 316. The molecule has 1 saturated carbocycles. The molecule has 1 aliphatic carbocycles. The lowest BCUT2D eigenvalue weighted by atomic mass is 9.91. The van der Waals surface area contributed by atoms with Crippen LogP contribution in [0.3, 0.4) is 0 Å². The third kappa shape index (κ3) is 2.32. The van der Waals surface area contributed by atoms with Gasteiger partial charge in [-0.2, -0.15) is 0 Å². The molecule has 0 radical (unpaired) electrons. The third-order valence-corrected chi connectivity index (χ3v) is 3.43. The Morgan fingerprint density at radius 2 is 1.87 bits per heavy atom. The van der Waals surface area contributed by atoms with Gasteiger partial charge in [-0.15, -0.1) is 0 Å². The topological polar surface area (TPSA) is 35.2 Å². The molecular weight excluding hydrogens is 186 g/mol. The van der Waals surface area contributed by atoms with Gasteiger partial charge in [-0.3, -0.25) is 0 Å². The lowest BCUT2D eigenvalue weighted by Gasteiger charge is -2.20. The van der Waals surface area contributed by atoms with Crippen molar-refractivity contribution < 1.29 is 4.74 Å². The first-order valence-corrected chi connectivity index (χ1v) is 5.62. The van der Waals surface area contributed by atoms with Gasteiger partial charge in [0.2, 0.25) is 0 Å². The molecule has 2 N–H and O–H groups in total. The molecule has 1 aromatic carbocycles. The van der Waals surface area contributed by atoms with Crippen LogP contribution < -0.4 is 10.5 Å². The SMILES string of the molecule is COc1ccc(C(N)C(C)C2CC2)cc1. The van der Waals surface area contributed by atoms with Crippen LogP contribution in [0.2, 0.25) is 0 Å². The predicted molar refractivity (Wildman–Crippen MR) is 61.8 cm³/mol. The van der Waals surface area contributed by atoms with Crippen molar-refractivity contribution >= 4 is 0 Å². The van der Waals surface area contributed by atoms with Crippen LogP contribution >= 0.6 is 0 Å². The van der Waals surface area contributed by atoms with Crippen LogP contribution in [0.5, 0.6) is 5.75 Å². The molecule has 82 valence electrons. The van der Waals surface area contributed by atoms with Crippen molar-refractivity contribution in [2.75, 3.05) is 7.11 Å². The Morgan fingerprint density at radius 3 is 2.33 bits per heavy atom. The van der Waals surface area contributed by atoms with Crippen LogP contribution in [-0.2, 0) is 0 Å². The molecule has 0 bridgehead atoms. The van der Waals surface area contributed by atoms with E-state index < -0.39 is 0 Å². The van der Waals surface area contributed by atoms with Crippen molar-refractivity contribution in [3.63, 3.8) is 0 Å². The fourth-order valence-corrected chi connectivity index (χ4v) is 2.04. The normalized spacial score (nSPS) is 19.7. The number of rotatable bonds is 4. The van der Waals surface area contributed by atoms with Gasteiger partial charge < -0.3 is 10.5 Å². The smallest absolute Gasteiger partial charge is 0.118 e. The highest BCUT2D eigenvalue weighted by molar-refractivity contribution is 5.29. The zero-order valence-electron chi connectivity index (χ0n) is 9.44. The van der Waals surface area contributed by atoms with Gasteiger partial charge in [-0.1, -0.05) is 19.1 Å². The van der Waals surface area contributed by atoms with Gasteiger partial charge in [0, 0.05) is 6.04 Å². The van der Waals surface area contributed by atoms with Crippen LogP contribution in [0.4, 0.5) is 0 Å². The first-order chi connectivity index (χ1) is 7.22. The van der Waals surface area contributed by atoms with Gasteiger partial charge in [-0.05, 0) is 42.4 Å². The zero-order valence-corrected chi connectivity index (χ0v) is 9.44. The van der Waals surface area contributed by atoms with E-state index in [0.29, 0.717) is 5.92 Å². The maximum Gasteiger partial charge on any atom is 0.118 e. The lowest BCUT2D eigenvalue weighted by molar-refractivity contribution is 0.408. The Balaban J connectivity index is 2.07. The maximum absolute atomic E-state index is 6.23. The summed E-state index contributed by atoms with van der Waals surface area (Å²) in [5, 5.41) is 0. The minimum atomic E-state index is 0.170. The van der Waals surface area contributed by atoms with Crippen molar-refractivity contribution in [3.05, 3.63) is 29.8 Å². The first kappa shape index (κ1) is 10.5. The van der Waals surface area contributed by atoms with E-state index in [-0.39, 0.29) is 6.04 Å². The molecule has 2 unspecified atom stereocenters. The molecular formula is C13H19NO. The number of hydrogen-bond acceptors (Lipinski definition) is 2. The van der Waals surface area contributed by atoms with E-state index in [1.54, 1.807) is 7.11 Å². The standard InChI is InChI=1S/C13H19NO/c1-9(10-3-4-10)13(14)11-5-7-12(15-2)8-6-11/h5-10,13H,3-4,14H2,1-2H3. The molecule has 2 heteroatoms. The Morgan fingerprint density at radius 1 is 1.27 bits per heavy atom. The molecule has 0 amide bonds. The first-order valence-electron chi connectivity index (χ1n) is 5.62. The van der Waals surface area contributed by atoms with Gasteiger partial charge in [-0.25, -0.2) is 0 Å². The van der Waals surface area contributed by atoms with Gasteiger partial charge >= 0.3 is 0 Å². The number of hydrogen-bond donors (Lipinski definition) is 1. The van der Waals surface area contributed by atoms with Crippen molar-refractivity contribution in [3.8, 4) is 5.75 Å². The lowest BCUT2D eigenvalue weighted by Crippen LogP contribution is -2.20. The van der Waals surface area contributed by atoms with Crippen LogP contribution in [0.15, 0.2) is 24.3 Å². The highest BCUT2D eigenvalue weighted by atomic mass is 16.5. The summed E-state index contributed by atoms with van der Waals surface area (Å²) in [4.78, 5) is 0. The zero-order chi connectivity index (χ0) is 10.8. The number of benzene rings is 1. The van der Waals surface area contributed by atoms with Crippen molar-refractivity contribution in [2.24, 2.45) is 17.6 Å². The van der Waals surface area contributed by atoms with E-state index >= 15 is 0 Å². The van der Waals surface area contributed by atoms with E-state index in [4.69, 9.17) is 10.5 Å². The van der Waals surface area contributed by atoms with E-state index in [0.717, 1.165) is 11.7 Å². The predicted octanol–water partition coefficient (Wildman–Crippen LogP) is 2.74. The number of methoxy groups -OCH3 is 1. The quantitative estimate of drug-likeness (QED) is 0.820. The molecule has 15 heavy (non-hydrogen) atoms. The number of ether oxygens (including phenoxy) is 1. The van der Waals surface area contributed by atoms with Crippen LogP contribution in [0, 0.1) is 11.8 Å². The molecule has 1 fully saturated rings. The number of nitrogens with two attached hydrogens (primary N) is 1. The molecule has 0 aromatic heterocycles. The van der Waals surface area contributed by atoms with E-state index in [1.807, 2.05) is 12.1 Å². The molecule has 0 spiro atoms. The average molecular weight is 205 g/mol. The molecule has 0 aliphatic heterocycles. The molecule has 1 aliphatic rings. The van der Waals surface area contributed by atoms with Crippen molar-refractivity contribution in [1.82, 2.24) is 0 Å². The van der Waals surface area contributed by atoms with Gasteiger partial charge in [0.15, 0.2) is 0 Å². The van der Waals surface area contributed by atoms with E-state index in [1.165, 1.54) is 18.4 Å². The largest absolute Gasteiger partial charge is 0.497 e. The van der Waals surface area contributed by atoms with Crippen LogP contribution in [-0.4, -0.2) is 7.11 Å². The molecule has 2 nitrogen and oxygen atoms in total. The summed E-state index contributed by atoms with van der Waals surface area (Å²) in [5.41, 5.74) is 7.45. The second-order valence-corrected chi connectivity index (χ2v) is 4.50. The maximum atomic E-state index is 6.23.